The summed E-state index contributed by atoms with van der Waals surface area (Å²) < 4.78 is 0. The van der Waals surface area contributed by atoms with Crippen molar-refractivity contribution >= 4 is 11.3 Å². The van der Waals surface area contributed by atoms with Crippen LogP contribution in [-0.4, -0.2) is 13.1 Å². The zero-order valence-corrected chi connectivity index (χ0v) is 15.9. The van der Waals surface area contributed by atoms with Gasteiger partial charge < -0.3 is 4.90 Å². The Bertz CT molecular complexity index is 592. The van der Waals surface area contributed by atoms with Gasteiger partial charge in [0.1, 0.15) is 0 Å². The molecule has 0 bridgehead atoms. The number of nitrogens with zero attached hydrogens (tertiary/aromatic N) is 1. The Hall–Kier alpha value is -1.24. The van der Waals surface area contributed by atoms with Crippen molar-refractivity contribution in [1.29, 1.82) is 0 Å². The second-order valence-electron chi connectivity index (χ2n) is 7.77. The Morgan fingerprint density at radius 3 is 2.09 bits per heavy atom. The molecule has 1 nitrogen and oxygen atoms in total. The maximum absolute atomic E-state index is 2.53. The molecule has 0 unspecified atom stereocenters. The van der Waals surface area contributed by atoms with Crippen LogP contribution in [0, 0.1) is 25.7 Å². The minimum atomic E-state index is 0.524. The molecule has 0 spiro atoms. The smallest absolute Gasteiger partial charge is 0.0477 e. The van der Waals surface area contributed by atoms with Crippen molar-refractivity contribution in [1.82, 2.24) is 0 Å². The molecule has 2 atom stereocenters. The van der Waals surface area contributed by atoms with Crippen molar-refractivity contribution in [3.8, 4) is 0 Å². The first kappa shape index (κ1) is 17.1. The van der Waals surface area contributed by atoms with Crippen molar-refractivity contribution in [2.24, 2.45) is 11.8 Å². The van der Waals surface area contributed by atoms with E-state index < -0.39 is 0 Å². The molecule has 2 rings (SSSR count). The molecule has 1 aliphatic heterocycles. The lowest BCUT2D eigenvalue weighted by atomic mass is 9.83. The fraction of sp³-hybridized carbons (Fsp3) is 0.619. The Labute approximate surface area is 137 Å². The van der Waals surface area contributed by atoms with Gasteiger partial charge in [-0.1, -0.05) is 46.8 Å². The average molecular weight is 300 g/mol. The highest BCUT2D eigenvalue weighted by Crippen LogP contribution is 2.44. The predicted molar refractivity (Wildman–Crippen MR) is 99.8 cm³/mol. The van der Waals surface area contributed by atoms with Crippen molar-refractivity contribution in [3.05, 3.63) is 34.4 Å². The molecule has 1 aromatic rings. The summed E-state index contributed by atoms with van der Waals surface area (Å²) in [7, 11) is 2.27. The predicted octanol–water partition coefficient (Wildman–Crippen LogP) is 5.94. The second kappa shape index (κ2) is 6.10. The molecule has 0 aromatic heterocycles. The van der Waals surface area contributed by atoms with Crippen LogP contribution in [0.1, 0.15) is 69.7 Å². The zero-order valence-electron chi connectivity index (χ0n) is 15.9. The number of hydrogen-bond acceptors (Lipinski definition) is 1. The number of allylic oxidation sites excluding steroid dienone is 1. The van der Waals surface area contributed by atoms with E-state index in [9.17, 15) is 0 Å². The van der Waals surface area contributed by atoms with E-state index in [2.05, 4.69) is 79.5 Å². The SMILES string of the molecule is Cc1cc(C(C)C)c2c(c1C)N(C)[C@H](C)[C@H](C)C=C2C(C)C. The molecule has 1 aromatic carbocycles. The van der Waals surface area contributed by atoms with E-state index >= 15 is 0 Å². The van der Waals surface area contributed by atoms with Crippen LogP contribution in [0.5, 0.6) is 0 Å². The molecule has 1 heteroatoms. The fourth-order valence-electron chi connectivity index (χ4n) is 3.67. The highest BCUT2D eigenvalue weighted by Gasteiger charge is 2.29. The number of hydrogen-bond donors (Lipinski definition) is 0. The third-order valence-corrected chi connectivity index (χ3v) is 5.54. The van der Waals surface area contributed by atoms with E-state index in [1.807, 2.05) is 0 Å². The first-order valence-electron chi connectivity index (χ1n) is 8.75. The molecule has 0 fully saturated rings. The van der Waals surface area contributed by atoms with Crippen LogP contribution in [-0.2, 0) is 0 Å². The minimum Gasteiger partial charge on any atom is -0.371 e. The van der Waals surface area contributed by atoms with E-state index in [0.29, 0.717) is 23.8 Å². The highest BCUT2D eigenvalue weighted by molar-refractivity contribution is 5.84. The molecule has 0 saturated heterocycles. The van der Waals surface area contributed by atoms with Gasteiger partial charge in [0.15, 0.2) is 0 Å². The Balaban J connectivity index is 2.90. The quantitative estimate of drug-likeness (QED) is 0.653. The molecule has 0 aliphatic carbocycles. The molecule has 1 aliphatic rings. The van der Waals surface area contributed by atoms with Gasteiger partial charge in [-0.05, 0) is 60.8 Å². The highest BCUT2D eigenvalue weighted by atomic mass is 15.1. The number of benzene rings is 1. The van der Waals surface area contributed by atoms with E-state index in [0.717, 1.165) is 0 Å². The van der Waals surface area contributed by atoms with Gasteiger partial charge in [-0.3, -0.25) is 0 Å². The van der Waals surface area contributed by atoms with Gasteiger partial charge in [0.25, 0.3) is 0 Å². The van der Waals surface area contributed by atoms with Crippen LogP contribution < -0.4 is 4.90 Å². The monoisotopic (exact) mass is 299 g/mol. The van der Waals surface area contributed by atoms with Gasteiger partial charge in [-0.15, -0.1) is 0 Å². The Morgan fingerprint density at radius 1 is 1.00 bits per heavy atom. The molecular weight excluding hydrogens is 266 g/mol. The molecule has 0 amide bonds. The summed E-state index contributed by atoms with van der Waals surface area (Å²) in [4.78, 5) is 2.51. The summed E-state index contributed by atoms with van der Waals surface area (Å²) in [5.74, 6) is 1.67. The van der Waals surface area contributed by atoms with Crippen molar-refractivity contribution in [2.45, 2.75) is 67.3 Å². The van der Waals surface area contributed by atoms with Gasteiger partial charge in [0.05, 0.1) is 0 Å². The number of anilines is 1. The largest absolute Gasteiger partial charge is 0.371 e. The maximum Gasteiger partial charge on any atom is 0.0477 e. The molecule has 0 saturated carbocycles. The first-order valence-corrected chi connectivity index (χ1v) is 8.75. The van der Waals surface area contributed by atoms with E-state index in [1.165, 1.54) is 33.5 Å². The third kappa shape index (κ3) is 2.71. The zero-order chi connectivity index (χ0) is 16.8. The lowest BCUT2D eigenvalue weighted by Gasteiger charge is -2.33. The van der Waals surface area contributed by atoms with Crippen molar-refractivity contribution < 1.29 is 0 Å². The van der Waals surface area contributed by atoms with Crippen LogP contribution in [0.3, 0.4) is 0 Å². The summed E-state index contributed by atoms with van der Waals surface area (Å²) in [6, 6.07) is 2.94. The molecular formula is C21H33N. The van der Waals surface area contributed by atoms with E-state index in [-0.39, 0.29) is 0 Å². The second-order valence-corrected chi connectivity index (χ2v) is 7.77. The Kier molecular flexibility index (Phi) is 4.75. The summed E-state index contributed by atoms with van der Waals surface area (Å²) in [6.45, 7) is 18.6. The van der Waals surface area contributed by atoms with Gasteiger partial charge in [-0.2, -0.15) is 0 Å². The average Bonchev–Trinajstić information content (AvgIpc) is 2.53. The topological polar surface area (TPSA) is 3.24 Å². The molecule has 0 radical (unpaired) electrons. The lowest BCUT2D eigenvalue weighted by Crippen LogP contribution is -2.33. The van der Waals surface area contributed by atoms with Crippen LogP contribution in [0.25, 0.3) is 5.57 Å². The van der Waals surface area contributed by atoms with Crippen molar-refractivity contribution in [3.63, 3.8) is 0 Å². The maximum atomic E-state index is 2.53. The van der Waals surface area contributed by atoms with Gasteiger partial charge in [0, 0.05) is 24.3 Å². The van der Waals surface area contributed by atoms with Crippen LogP contribution in [0.4, 0.5) is 5.69 Å². The Morgan fingerprint density at radius 2 is 1.59 bits per heavy atom. The molecule has 1 heterocycles. The lowest BCUT2D eigenvalue weighted by molar-refractivity contribution is 0.554. The number of aryl methyl sites for hydroxylation is 1. The standard InChI is InChI=1S/C21H33N/c1-12(2)18-10-14(5)16(7)21-20(18)19(13(3)4)11-15(6)17(8)22(21)9/h10-13,15,17H,1-9H3/t15-,17-/m1/s1. The van der Waals surface area contributed by atoms with E-state index in [4.69, 9.17) is 0 Å². The number of rotatable bonds is 2. The van der Waals surface area contributed by atoms with Crippen molar-refractivity contribution in [2.75, 3.05) is 11.9 Å². The van der Waals surface area contributed by atoms with Crippen LogP contribution >= 0.6 is 0 Å². The minimum absolute atomic E-state index is 0.524. The molecule has 22 heavy (non-hydrogen) atoms. The van der Waals surface area contributed by atoms with Gasteiger partial charge in [0.2, 0.25) is 0 Å². The third-order valence-electron chi connectivity index (χ3n) is 5.54. The summed E-state index contributed by atoms with van der Waals surface area (Å²) in [6.07, 6.45) is 2.53. The van der Waals surface area contributed by atoms with Crippen LogP contribution in [0.15, 0.2) is 12.1 Å². The summed E-state index contributed by atoms with van der Waals surface area (Å²) in [5, 5.41) is 0. The van der Waals surface area contributed by atoms with Crippen LogP contribution in [0.2, 0.25) is 0 Å². The first-order chi connectivity index (χ1) is 10.2. The normalized spacial score (nSPS) is 22.0. The summed E-state index contributed by atoms with van der Waals surface area (Å²) in [5.41, 5.74) is 8.86. The molecule has 0 N–H and O–H groups in total. The van der Waals surface area contributed by atoms with E-state index in [1.54, 1.807) is 0 Å². The van der Waals surface area contributed by atoms with Gasteiger partial charge >= 0.3 is 0 Å². The number of fused-ring (bicyclic) bond motifs is 1. The molecule has 122 valence electrons. The summed E-state index contributed by atoms with van der Waals surface area (Å²) >= 11 is 0. The fourth-order valence-corrected chi connectivity index (χ4v) is 3.67. The van der Waals surface area contributed by atoms with Gasteiger partial charge in [-0.25, -0.2) is 0 Å².